The van der Waals surface area contributed by atoms with Crippen molar-refractivity contribution in [2.45, 2.75) is 0 Å². The van der Waals surface area contributed by atoms with Gasteiger partial charge in [-0.25, -0.2) is 0 Å². The SMILES string of the molecule is O=C(NC=C(OP(c1ccccc1)c1ccccc1)c1ccccc1)c1ccc(Br)cc1. The zero-order valence-electron chi connectivity index (χ0n) is 17.2. The molecule has 1 amide bonds. The highest BCUT2D eigenvalue weighted by atomic mass is 79.9. The molecule has 4 aromatic rings. The van der Waals surface area contributed by atoms with E-state index in [2.05, 4.69) is 45.5 Å². The van der Waals surface area contributed by atoms with Crippen LogP contribution in [0.4, 0.5) is 0 Å². The smallest absolute Gasteiger partial charge is 0.255 e. The summed E-state index contributed by atoms with van der Waals surface area (Å²) in [5.41, 5.74) is 1.47. The fourth-order valence-electron chi connectivity index (χ4n) is 3.06. The Labute approximate surface area is 197 Å². The predicted octanol–water partition coefficient (Wildman–Crippen LogP) is 6.24. The zero-order valence-corrected chi connectivity index (χ0v) is 19.7. The summed E-state index contributed by atoms with van der Waals surface area (Å²) in [6, 6.07) is 37.4. The molecule has 0 aromatic heterocycles. The van der Waals surface area contributed by atoms with Crippen molar-refractivity contribution in [1.82, 2.24) is 5.32 Å². The maximum Gasteiger partial charge on any atom is 0.255 e. The number of hydrogen-bond donors (Lipinski definition) is 1. The van der Waals surface area contributed by atoms with Crippen molar-refractivity contribution in [1.29, 1.82) is 0 Å². The van der Waals surface area contributed by atoms with Gasteiger partial charge < -0.3 is 9.84 Å². The van der Waals surface area contributed by atoms with E-state index in [1.165, 1.54) is 0 Å². The number of carbonyl (C=O) groups is 1. The largest absolute Gasteiger partial charge is 0.462 e. The first-order chi connectivity index (χ1) is 15.7. The van der Waals surface area contributed by atoms with E-state index in [-0.39, 0.29) is 5.91 Å². The highest BCUT2D eigenvalue weighted by molar-refractivity contribution is 9.10. The van der Waals surface area contributed by atoms with E-state index < -0.39 is 8.15 Å². The molecule has 5 heteroatoms. The lowest BCUT2D eigenvalue weighted by atomic mass is 10.2. The standard InChI is InChI=1S/C27H21BrNO2P/c28-23-18-16-22(17-19-23)27(30)29-20-26(21-10-4-1-5-11-21)31-32(24-12-6-2-7-13-24)25-14-8-3-9-15-25/h1-20H,(H,29,30). The normalized spacial score (nSPS) is 11.2. The molecule has 3 nitrogen and oxygen atoms in total. The van der Waals surface area contributed by atoms with Crippen molar-refractivity contribution in [3.8, 4) is 0 Å². The minimum absolute atomic E-state index is 0.196. The summed E-state index contributed by atoms with van der Waals surface area (Å²) < 4.78 is 7.54. The molecular formula is C27H21BrNO2P. The van der Waals surface area contributed by atoms with Gasteiger partial charge in [-0.2, -0.15) is 0 Å². The van der Waals surface area contributed by atoms with Crippen molar-refractivity contribution in [3.05, 3.63) is 137 Å². The number of rotatable bonds is 7. The van der Waals surface area contributed by atoms with E-state index >= 15 is 0 Å². The summed E-state index contributed by atoms with van der Waals surface area (Å²) in [4.78, 5) is 12.7. The topological polar surface area (TPSA) is 38.3 Å². The molecule has 32 heavy (non-hydrogen) atoms. The van der Waals surface area contributed by atoms with Gasteiger partial charge in [0, 0.05) is 32.4 Å². The summed E-state index contributed by atoms with van der Waals surface area (Å²) >= 11 is 3.40. The van der Waals surface area contributed by atoms with Gasteiger partial charge in [0.05, 0.1) is 0 Å². The number of nitrogens with one attached hydrogen (secondary N) is 1. The Morgan fingerprint density at radius 1 is 0.688 bits per heavy atom. The lowest BCUT2D eigenvalue weighted by molar-refractivity contribution is 0.0969. The minimum Gasteiger partial charge on any atom is -0.462 e. The van der Waals surface area contributed by atoms with E-state index in [0.717, 1.165) is 20.6 Å². The number of carbonyl (C=O) groups excluding carboxylic acids is 1. The molecule has 0 aliphatic heterocycles. The first-order valence-electron chi connectivity index (χ1n) is 10.1. The Morgan fingerprint density at radius 2 is 1.19 bits per heavy atom. The van der Waals surface area contributed by atoms with Gasteiger partial charge in [0.2, 0.25) is 0 Å². The van der Waals surface area contributed by atoms with Crippen molar-refractivity contribution >= 4 is 46.4 Å². The molecule has 4 aromatic carbocycles. The molecule has 0 spiro atoms. The Kier molecular flexibility index (Phi) is 7.50. The van der Waals surface area contributed by atoms with Gasteiger partial charge >= 0.3 is 0 Å². The molecule has 0 heterocycles. The van der Waals surface area contributed by atoms with Crippen LogP contribution in [-0.4, -0.2) is 5.91 Å². The quantitative estimate of drug-likeness (QED) is 0.240. The van der Waals surface area contributed by atoms with Gasteiger partial charge in [0.25, 0.3) is 5.91 Å². The molecule has 0 unspecified atom stereocenters. The maximum absolute atomic E-state index is 12.7. The van der Waals surface area contributed by atoms with Gasteiger partial charge in [0.1, 0.15) is 5.76 Å². The molecule has 4 rings (SSSR count). The fraction of sp³-hybridized carbons (Fsp3) is 0. The van der Waals surface area contributed by atoms with Crippen molar-refractivity contribution < 1.29 is 9.32 Å². The monoisotopic (exact) mass is 501 g/mol. The van der Waals surface area contributed by atoms with Crippen LogP contribution in [0.15, 0.2) is 126 Å². The van der Waals surface area contributed by atoms with Crippen LogP contribution in [0.3, 0.4) is 0 Å². The molecule has 158 valence electrons. The van der Waals surface area contributed by atoms with E-state index in [9.17, 15) is 4.79 Å². The van der Waals surface area contributed by atoms with E-state index in [4.69, 9.17) is 4.52 Å². The molecule has 0 radical (unpaired) electrons. The molecule has 0 atom stereocenters. The Bertz CT molecular complexity index is 1140. The Morgan fingerprint density at radius 3 is 1.72 bits per heavy atom. The van der Waals surface area contributed by atoms with Crippen LogP contribution in [0.1, 0.15) is 15.9 Å². The number of amides is 1. The van der Waals surface area contributed by atoms with Crippen LogP contribution >= 0.6 is 24.1 Å². The van der Waals surface area contributed by atoms with Gasteiger partial charge in [-0.1, -0.05) is 107 Å². The van der Waals surface area contributed by atoms with Gasteiger partial charge in [-0.05, 0) is 24.3 Å². The minimum atomic E-state index is -1.13. The van der Waals surface area contributed by atoms with E-state index in [0.29, 0.717) is 11.3 Å². The lowest BCUT2D eigenvalue weighted by Gasteiger charge is -2.21. The summed E-state index contributed by atoms with van der Waals surface area (Å²) in [5.74, 6) is 0.410. The summed E-state index contributed by atoms with van der Waals surface area (Å²) in [7, 11) is -1.13. The molecule has 0 aliphatic rings. The molecule has 0 saturated heterocycles. The van der Waals surface area contributed by atoms with Crippen molar-refractivity contribution in [2.75, 3.05) is 0 Å². The van der Waals surface area contributed by atoms with Crippen LogP contribution in [0.25, 0.3) is 5.76 Å². The second kappa shape index (κ2) is 10.9. The van der Waals surface area contributed by atoms with Crippen molar-refractivity contribution in [2.24, 2.45) is 0 Å². The zero-order chi connectivity index (χ0) is 22.2. The Balaban J connectivity index is 1.67. The first kappa shape index (κ1) is 22.0. The third-order valence-corrected chi connectivity index (χ3v) is 7.11. The second-order valence-electron chi connectivity index (χ2n) is 6.91. The molecule has 0 bridgehead atoms. The number of benzene rings is 4. The van der Waals surface area contributed by atoms with E-state index in [1.54, 1.807) is 18.3 Å². The van der Waals surface area contributed by atoms with Gasteiger partial charge in [0.15, 0.2) is 8.15 Å². The maximum atomic E-state index is 12.7. The number of hydrogen-bond acceptors (Lipinski definition) is 2. The van der Waals surface area contributed by atoms with Crippen molar-refractivity contribution in [3.63, 3.8) is 0 Å². The number of halogens is 1. The lowest BCUT2D eigenvalue weighted by Crippen LogP contribution is -2.19. The molecule has 1 N–H and O–H groups in total. The van der Waals surface area contributed by atoms with E-state index in [1.807, 2.05) is 78.9 Å². The Hall–Kier alpha value is -3.20. The third kappa shape index (κ3) is 5.73. The van der Waals surface area contributed by atoms with Crippen LogP contribution in [0, 0.1) is 0 Å². The summed E-state index contributed by atoms with van der Waals surface area (Å²) in [6.45, 7) is 0. The van der Waals surface area contributed by atoms with Crippen LogP contribution < -0.4 is 15.9 Å². The van der Waals surface area contributed by atoms with Crippen LogP contribution in [-0.2, 0) is 4.52 Å². The molecule has 0 saturated carbocycles. The third-order valence-electron chi connectivity index (χ3n) is 4.67. The van der Waals surface area contributed by atoms with Gasteiger partial charge in [-0.3, -0.25) is 4.79 Å². The highest BCUT2D eigenvalue weighted by Crippen LogP contribution is 2.40. The summed E-state index contributed by atoms with van der Waals surface area (Å²) in [5, 5.41) is 5.08. The average Bonchev–Trinajstić information content (AvgIpc) is 2.86. The second-order valence-corrected chi connectivity index (χ2v) is 9.63. The van der Waals surface area contributed by atoms with Crippen LogP contribution in [0.2, 0.25) is 0 Å². The fourth-order valence-corrected chi connectivity index (χ4v) is 5.07. The molecule has 0 aliphatic carbocycles. The average molecular weight is 502 g/mol. The predicted molar refractivity (Wildman–Crippen MR) is 136 cm³/mol. The van der Waals surface area contributed by atoms with Gasteiger partial charge in [-0.15, -0.1) is 0 Å². The summed E-state index contributed by atoms with van der Waals surface area (Å²) in [6.07, 6.45) is 1.65. The molecule has 0 fully saturated rings. The first-order valence-corrected chi connectivity index (χ1v) is 12.2. The van der Waals surface area contributed by atoms with Crippen LogP contribution in [0.5, 0.6) is 0 Å². The molecular weight excluding hydrogens is 481 g/mol. The highest BCUT2D eigenvalue weighted by Gasteiger charge is 2.19.